The molecule has 6 nitrogen and oxygen atoms in total. The van der Waals surface area contributed by atoms with Gasteiger partial charge in [0, 0.05) is 13.2 Å². The maximum absolute atomic E-state index is 12.0. The number of rotatable bonds is 6. The topological polar surface area (TPSA) is 77.8 Å². The van der Waals surface area contributed by atoms with Gasteiger partial charge in [-0.3, -0.25) is 4.79 Å². The average molecular weight is 281 g/mol. The molecule has 0 spiro atoms. The Hall–Kier alpha value is -1.82. The SMILES string of the molecule is CCC(OC(=O)c1ccco1)C(=O)NCC1CCCO1. The molecule has 20 heavy (non-hydrogen) atoms. The number of nitrogens with one attached hydrogen (secondary N) is 1. The summed E-state index contributed by atoms with van der Waals surface area (Å²) in [6.07, 6.45) is 3.01. The van der Waals surface area contributed by atoms with E-state index in [4.69, 9.17) is 13.9 Å². The van der Waals surface area contributed by atoms with Crippen LogP contribution in [0.15, 0.2) is 22.8 Å². The summed E-state index contributed by atoms with van der Waals surface area (Å²) in [6, 6.07) is 3.09. The molecule has 0 bridgehead atoms. The fraction of sp³-hybridized carbons (Fsp3) is 0.571. The van der Waals surface area contributed by atoms with Gasteiger partial charge in [-0.1, -0.05) is 6.92 Å². The molecule has 1 N–H and O–H groups in total. The molecule has 1 aliphatic rings. The zero-order chi connectivity index (χ0) is 14.4. The second-order valence-corrected chi connectivity index (χ2v) is 4.66. The second kappa shape index (κ2) is 7.09. The molecule has 0 saturated carbocycles. The molecule has 2 unspecified atom stereocenters. The fourth-order valence-corrected chi connectivity index (χ4v) is 2.04. The van der Waals surface area contributed by atoms with Crippen molar-refractivity contribution < 1.29 is 23.5 Å². The molecule has 1 fully saturated rings. The molecule has 0 aliphatic carbocycles. The van der Waals surface area contributed by atoms with E-state index in [0.29, 0.717) is 13.0 Å². The van der Waals surface area contributed by atoms with Crippen LogP contribution in [0.3, 0.4) is 0 Å². The van der Waals surface area contributed by atoms with Crippen molar-refractivity contribution in [3.63, 3.8) is 0 Å². The van der Waals surface area contributed by atoms with Crippen LogP contribution in [0.1, 0.15) is 36.7 Å². The van der Waals surface area contributed by atoms with Crippen LogP contribution in [0.25, 0.3) is 0 Å². The van der Waals surface area contributed by atoms with Crippen LogP contribution >= 0.6 is 0 Å². The molecule has 0 radical (unpaired) electrons. The van der Waals surface area contributed by atoms with Crippen LogP contribution in [0.2, 0.25) is 0 Å². The molecule has 2 atom stereocenters. The predicted octanol–water partition coefficient (Wildman–Crippen LogP) is 1.51. The van der Waals surface area contributed by atoms with Crippen LogP contribution in [0.5, 0.6) is 0 Å². The number of hydrogen-bond acceptors (Lipinski definition) is 5. The van der Waals surface area contributed by atoms with E-state index >= 15 is 0 Å². The summed E-state index contributed by atoms with van der Waals surface area (Å²) in [6.45, 7) is 2.98. The molecule has 2 heterocycles. The minimum atomic E-state index is -0.811. The zero-order valence-electron chi connectivity index (χ0n) is 11.5. The largest absolute Gasteiger partial charge is 0.457 e. The molecule has 1 aromatic rings. The third kappa shape index (κ3) is 3.84. The predicted molar refractivity (Wildman–Crippen MR) is 70.2 cm³/mol. The Morgan fingerprint density at radius 2 is 2.40 bits per heavy atom. The van der Waals surface area contributed by atoms with Crippen LogP contribution in [0.4, 0.5) is 0 Å². The van der Waals surface area contributed by atoms with Crippen molar-refractivity contribution in [1.82, 2.24) is 5.32 Å². The Balaban J connectivity index is 1.80. The molecule has 0 aromatic carbocycles. The van der Waals surface area contributed by atoms with Gasteiger partial charge >= 0.3 is 5.97 Å². The summed E-state index contributed by atoms with van der Waals surface area (Å²) in [5, 5.41) is 2.75. The lowest BCUT2D eigenvalue weighted by molar-refractivity contribution is -0.130. The van der Waals surface area contributed by atoms with Gasteiger partial charge in [-0.05, 0) is 31.4 Å². The standard InChI is InChI=1S/C14H19NO5/c1-2-11(20-14(17)12-6-4-8-19-12)13(16)15-9-10-5-3-7-18-10/h4,6,8,10-11H,2-3,5,7,9H2,1H3,(H,15,16). The van der Waals surface area contributed by atoms with Gasteiger partial charge in [-0.2, -0.15) is 0 Å². The van der Waals surface area contributed by atoms with Gasteiger partial charge < -0.3 is 19.2 Å². The number of amides is 1. The van der Waals surface area contributed by atoms with Crippen LogP contribution < -0.4 is 5.32 Å². The summed E-state index contributed by atoms with van der Waals surface area (Å²) in [4.78, 5) is 23.7. The molecule has 1 saturated heterocycles. The Bertz CT molecular complexity index is 436. The normalized spacial score (nSPS) is 19.6. The minimum Gasteiger partial charge on any atom is -0.457 e. The highest BCUT2D eigenvalue weighted by Crippen LogP contribution is 2.11. The zero-order valence-corrected chi connectivity index (χ0v) is 11.5. The maximum Gasteiger partial charge on any atom is 0.374 e. The van der Waals surface area contributed by atoms with Crippen molar-refractivity contribution in [1.29, 1.82) is 0 Å². The number of hydrogen-bond donors (Lipinski definition) is 1. The Morgan fingerprint density at radius 3 is 3.00 bits per heavy atom. The van der Waals surface area contributed by atoms with Gasteiger partial charge in [-0.25, -0.2) is 4.79 Å². The van der Waals surface area contributed by atoms with Gasteiger partial charge in [0.05, 0.1) is 12.4 Å². The molecular weight excluding hydrogens is 262 g/mol. The van der Waals surface area contributed by atoms with E-state index < -0.39 is 12.1 Å². The van der Waals surface area contributed by atoms with E-state index in [9.17, 15) is 9.59 Å². The molecular formula is C14H19NO5. The Morgan fingerprint density at radius 1 is 1.55 bits per heavy atom. The van der Waals surface area contributed by atoms with Crippen LogP contribution in [-0.4, -0.2) is 37.2 Å². The van der Waals surface area contributed by atoms with Crippen molar-refractivity contribution in [3.8, 4) is 0 Å². The highest BCUT2D eigenvalue weighted by Gasteiger charge is 2.24. The van der Waals surface area contributed by atoms with Crippen LogP contribution in [-0.2, 0) is 14.3 Å². The van der Waals surface area contributed by atoms with Crippen molar-refractivity contribution in [3.05, 3.63) is 24.2 Å². The average Bonchev–Trinajstić information content (AvgIpc) is 3.13. The van der Waals surface area contributed by atoms with E-state index in [1.807, 2.05) is 0 Å². The summed E-state index contributed by atoms with van der Waals surface area (Å²) >= 11 is 0. The smallest absolute Gasteiger partial charge is 0.374 e. The first-order valence-electron chi connectivity index (χ1n) is 6.84. The first kappa shape index (κ1) is 14.6. The Kier molecular flexibility index (Phi) is 5.17. The van der Waals surface area contributed by atoms with Crippen molar-refractivity contribution >= 4 is 11.9 Å². The van der Waals surface area contributed by atoms with E-state index in [1.54, 1.807) is 13.0 Å². The molecule has 1 amide bonds. The van der Waals surface area contributed by atoms with Crippen molar-refractivity contribution in [2.75, 3.05) is 13.2 Å². The summed E-state index contributed by atoms with van der Waals surface area (Å²) < 4.78 is 15.5. The van der Waals surface area contributed by atoms with Crippen molar-refractivity contribution in [2.24, 2.45) is 0 Å². The molecule has 2 rings (SSSR count). The summed E-state index contributed by atoms with van der Waals surface area (Å²) in [7, 11) is 0. The van der Waals surface area contributed by atoms with E-state index in [1.165, 1.54) is 12.3 Å². The number of ether oxygens (including phenoxy) is 2. The monoisotopic (exact) mass is 281 g/mol. The molecule has 6 heteroatoms. The lowest BCUT2D eigenvalue weighted by atomic mass is 10.2. The number of carbonyl (C=O) groups excluding carboxylic acids is 2. The summed E-state index contributed by atoms with van der Waals surface area (Å²) in [5.41, 5.74) is 0. The quantitative estimate of drug-likeness (QED) is 0.800. The minimum absolute atomic E-state index is 0.0669. The molecule has 110 valence electrons. The van der Waals surface area contributed by atoms with Gasteiger partial charge in [0.15, 0.2) is 6.10 Å². The third-order valence-electron chi connectivity index (χ3n) is 3.16. The fourth-order valence-electron chi connectivity index (χ4n) is 2.04. The molecule has 1 aromatic heterocycles. The number of furan rings is 1. The van der Waals surface area contributed by atoms with E-state index in [2.05, 4.69) is 5.32 Å². The summed E-state index contributed by atoms with van der Waals surface area (Å²) in [5.74, 6) is -0.840. The van der Waals surface area contributed by atoms with E-state index in [-0.39, 0.29) is 17.8 Å². The van der Waals surface area contributed by atoms with Gasteiger partial charge in [0.1, 0.15) is 0 Å². The highest BCUT2D eigenvalue weighted by molar-refractivity contribution is 5.90. The van der Waals surface area contributed by atoms with Gasteiger partial charge in [0.25, 0.3) is 5.91 Å². The Labute approximate surface area is 117 Å². The van der Waals surface area contributed by atoms with E-state index in [0.717, 1.165) is 19.4 Å². The second-order valence-electron chi connectivity index (χ2n) is 4.66. The van der Waals surface area contributed by atoms with Gasteiger partial charge in [0.2, 0.25) is 5.76 Å². The maximum atomic E-state index is 12.0. The van der Waals surface area contributed by atoms with Gasteiger partial charge in [-0.15, -0.1) is 0 Å². The first-order valence-corrected chi connectivity index (χ1v) is 6.84. The number of esters is 1. The third-order valence-corrected chi connectivity index (χ3v) is 3.16. The molecule has 1 aliphatic heterocycles. The van der Waals surface area contributed by atoms with Crippen LogP contribution in [0, 0.1) is 0 Å². The first-order chi connectivity index (χ1) is 9.70. The number of carbonyl (C=O) groups is 2. The lowest BCUT2D eigenvalue weighted by Gasteiger charge is -2.17. The van der Waals surface area contributed by atoms with Crippen molar-refractivity contribution in [2.45, 2.75) is 38.4 Å². The highest BCUT2D eigenvalue weighted by atomic mass is 16.6. The lowest BCUT2D eigenvalue weighted by Crippen LogP contribution is -2.40.